The van der Waals surface area contributed by atoms with Gasteiger partial charge in [-0.3, -0.25) is 10.1 Å². The maximum Gasteiger partial charge on any atom is 0.356 e. The van der Waals surface area contributed by atoms with Crippen LogP contribution in [0.25, 0.3) is 5.70 Å². The third-order valence-electron chi connectivity index (χ3n) is 4.95. The lowest BCUT2D eigenvalue weighted by atomic mass is 10.0. The molecule has 0 aliphatic carbocycles. The number of allylic oxidation sites excluding steroid dienone is 1. The van der Waals surface area contributed by atoms with Gasteiger partial charge < -0.3 is 0 Å². The molecule has 2 aliphatic heterocycles. The summed E-state index contributed by atoms with van der Waals surface area (Å²) in [5.41, 5.74) is 3.02. The molecule has 1 aromatic heterocycles. The fourth-order valence-corrected chi connectivity index (χ4v) is 3.79. The Bertz CT molecular complexity index is 1100. The normalized spacial score (nSPS) is 17.9. The summed E-state index contributed by atoms with van der Waals surface area (Å²) in [6.07, 6.45) is 2.53. The number of nitrogens with zero attached hydrogens (tertiary/aromatic N) is 3. The van der Waals surface area contributed by atoms with Crippen LogP contribution in [0.15, 0.2) is 54.6 Å². The molecule has 2 aliphatic rings. The third-order valence-corrected chi connectivity index (χ3v) is 5.45. The van der Waals surface area contributed by atoms with Crippen molar-refractivity contribution in [1.29, 1.82) is 0 Å². The van der Waals surface area contributed by atoms with Gasteiger partial charge in [0.15, 0.2) is 0 Å². The monoisotopic (exact) mass is 412 g/mol. The van der Waals surface area contributed by atoms with Gasteiger partial charge >= 0.3 is 11.9 Å². The predicted molar refractivity (Wildman–Crippen MR) is 108 cm³/mol. The van der Waals surface area contributed by atoms with Crippen LogP contribution >= 0.6 is 23.2 Å². The van der Waals surface area contributed by atoms with Crippen LogP contribution in [0.3, 0.4) is 0 Å². The van der Waals surface area contributed by atoms with E-state index >= 15 is 0 Å². The first-order valence-corrected chi connectivity index (χ1v) is 9.66. The molecule has 5 rings (SSSR count). The molecule has 8 heteroatoms. The van der Waals surface area contributed by atoms with Crippen molar-refractivity contribution in [1.82, 2.24) is 9.78 Å². The number of fused-ring (bicyclic) bond motifs is 3. The minimum Gasteiger partial charge on any atom is -0.275 e. The van der Waals surface area contributed by atoms with Crippen LogP contribution in [-0.2, 0) is 11.3 Å². The third kappa shape index (κ3) is 2.95. The molecule has 0 radical (unpaired) electrons. The van der Waals surface area contributed by atoms with Crippen molar-refractivity contribution in [2.45, 2.75) is 19.0 Å². The summed E-state index contributed by atoms with van der Waals surface area (Å²) in [5, 5.41) is 12.3. The van der Waals surface area contributed by atoms with Gasteiger partial charge in [0.1, 0.15) is 6.04 Å². The van der Waals surface area contributed by atoms with Crippen molar-refractivity contribution in [3.63, 3.8) is 0 Å². The number of carbonyl (C=O) groups excluding carboxylic acids is 1. The van der Waals surface area contributed by atoms with Crippen LogP contribution in [0, 0.1) is 0 Å². The largest absolute Gasteiger partial charge is 0.356 e. The first kappa shape index (κ1) is 17.3. The number of carbonyl (C=O) groups is 1. The summed E-state index contributed by atoms with van der Waals surface area (Å²) < 4.78 is 3.89. The van der Waals surface area contributed by atoms with Crippen LogP contribution < -0.4 is 15.2 Å². The SMILES string of the molecule is O=C1CC[n+]2c(nn3c2NC(c2ccc(Cl)cc2)=CC3c2ccc(Cl)cc2)N1. The number of anilines is 2. The minimum atomic E-state index is -0.144. The second-order valence-electron chi connectivity index (χ2n) is 6.75. The van der Waals surface area contributed by atoms with Gasteiger partial charge in [-0.2, -0.15) is 0 Å². The van der Waals surface area contributed by atoms with E-state index in [0.29, 0.717) is 29.0 Å². The number of rotatable bonds is 2. The minimum absolute atomic E-state index is 0.0237. The van der Waals surface area contributed by atoms with Crippen LogP contribution in [0.4, 0.5) is 11.9 Å². The van der Waals surface area contributed by atoms with E-state index in [-0.39, 0.29) is 11.9 Å². The summed E-state index contributed by atoms with van der Waals surface area (Å²) >= 11 is 12.1. The zero-order valence-electron chi connectivity index (χ0n) is 14.7. The summed E-state index contributed by atoms with van der Waals surface area (Å²) in [7, 11) is 0. The molecule has 2 aromatic carbocycles. The molecule has 3 heterocycles. The molecule has 0 saturated heterocycles. The van der Waals surface area contributed by atoms with Gasteiger partial charge in [0.05, 0.1) is 18.7 Å². The molecule has 140 valence electrons. The Kier molecular flexibility index (Phi) is 4.10. The summed E-state index contributed by atoms with van der Waals surface area (Å²) in [6.45, 7) is 0.574. The maximum absolute atomic E-state index is 11.8. The highest BCUT2D eigenvalue weighted by Gasteiger charge is 2.36. The number of nitrogens with one attached hydrogen (secondary N) is 2. The van der Waals surface area contributed by atoms with E-state index in [1.54, 1.807) is 0 Å². The van der Waals surface area contributed by atoms with Gasteiger partial charge in [0, 0.05) is 20.7 Å². The van der Waals surface area contributed by atoms with Gasteiger partial charge in [0.2, 0.25) is 0 Å². The highest BCUT2D eigenvalue weighted by atomic mass is 35.5. The van der Waals surface area contributed by atoms with Crippen molar-refractivity contribution in [2.24, 2.45) is 0 Å². The molecule has 0 fully saturated rings. The molecule has 0 bridgehead atoms. The molecule has 0 saturated carbocycles. The molecule has 0 spiro atoms. The second kappa shape index (κ2) is 6.65. The van der Waals surface area contributed by atoms with E-state index in [9.17, 15) is 4.79 Å². The van der Waals surface area contributed by atoms with Crippen LogP contribution in [0.2, 0.25) is 10.0 Å². The van der Waals surface area contributed by atoms with E-state index in [0.717, 1.165) is 22.8 Å². The lowest BCUT2D eigenvalue weighted by molar-refractivity contribution is -0.670. The molecular formula is C20H16Cl2N5O+. The second-order valence-corrected chi connectivity index (χ2v) is 7.62. The smallest absolute Gasteiger partial charge is 0.275 e. The van der Waals surface area contributed by atoms with Gasteiger partial charge in [-0.25, -0.2) is 9.88 Å². The molecule has 1 unspecified atom stereocenters. The Balaban J connectivity index is 1.65. The van der Waals surface area contributed by atoms with Gasteiger partial charge in [0.25, 0.3) is 5.91 Å². The Morgan fingerprint density at radius 2 is 1.68 bits per heavy atom. The Hall–Kier alpha value is -2.83. The van der Waals surface area contributed by atoms with Gasteiger partial charge in [-0.1, -0.05) is 47.5 Å². The van der Waals surface area contributed by atoms with E-state index < -0.39 is 0 Å². The van der Waals surface area contributed by atoms with Crippen molar-refractivity contribution < 1.29 is 9.36 Å². The standard InChI is InChI=1S/C20H15Cl2N5O/c21-14-5-1-12(2-6-14)16-11-17(13-3-7-15(22)8-4-13)27-20(23-16)26-10-9-18(28)24-19(26)25-27/h1-8,11,17H,9-10H2,(H,24,25,28)/p+1. The Morgan fingerprint density at radius 1 is 1.00 bits per heavy atom. The molecule has 1 atom stereocenters. The number of hydrogen-bond donors (Lipinski definition) is 2. The molecule has 2 N–H and O–H groups in total. The zero-order chi connectivity index (χ0) is 19.3. The van der Waals surface area contributed by atoms with Crippen molar-refractivity contribution in [3.05, 3.63) is 75.8 Å². The van der Waals surface area contributed by atoms with E-state index in [1.165, 1.54) is 0 Å². The Morgan fingerprint density at radius 3 is 2.39 bits per heavy atom. The molecular weight excluding hydrogens is 397 g/mol. The molecule has 6 nitrogen and oxygen atoms in total. The average molecular weight is 413 g/mol. The lowest BCUT2D eigenvalue weighted by Crippen LogP contribution is -2.45. The van der Waals surface area contributed by atoms with E-state index in [2.05, 4.69) is 21.8 Å². The first-order chi connectivity index (χ1) is 13.6. The predicted octanol–water partition coefficient (Wildman–Crippen LogP) is 3.88. The fourth-order valence-electron chi connectivity index (χ4n) is 3.54. The summed E-state index contributed by atoms with van der Waals surface area (Å²) in [6, 6.07) is 15.3. The number of benzene rings is 2. The lowest BCUT2D eigenvalue weighted by Gasteiger charge is -2.21. The maximum atomic E-state index is 11.8. The van der Waals surface area contributed by atoms with Gasteiger partial charge in [-0.05, 0) is 35.9 Å². The highest BCUT2D eigenvalue weighted by Crippen LogP contribution is 2.33. The van der Waals surface area contributed by atoms with Crippen LogP contribution in [-0.4, -0.2) is 15.7 Å². The number of aromatic nitrogens is 3. The topological polar surface area (TPSA) is 62.8 Å². The quantitative estimate of drug-likeness (QED) is 0.627. The number of halogens is 2. The van der Waals surface area contributed by atoms with Crippen molar-refractivity contribution in [3.8, 4) is 0 Å². The molecule has 28 heavy (non-hydrogen) atoms. The zero-order valence-corrected chi connectivity index (χ0v) is 16.2. The summed E-state index contributed by atoms with van der Waals surface area (Å²) in [4.78, 5) is 11.8. The van der Waals surface area contributed by atoms with Crippen molar-refractivity contribution >= 4 is 46.7 Å². The average Bonchev–Trinajstić information content (AvgIpc) is 3.06. The molecule has 1 amide bonds. The van der Waals surface area contributed by atoms with Gasteiger partial charge in [-0.15, -0.1) is 4.68 Å². The van der Waals surface area contributed by atoms with Crippen molar-refractivity contribution in [2.75, 3.05) is 10.6 Å². The van der Waals surface area contributed by atoms with Crippen LogP contribution in [0.5, 0.6) is 0 Å². The number of hydrogen-bond acceptors (Lipinski definition) is 3. The van der Waals surface area contributed by atoms with E-state index in [4.69, 9.17) is 23.2 Å². The highest BCUT2D eigenvalue weighted by molar-refractivity contribution is 6.30. The Labute approximate surface area is 171 Å². The number of amides is 1. The molecule has 3 aromatic rings. The summed E-state index contributed by atoms with van der Waals surface area (Å²) in [5.74, 6) is 1.34. The fraction of sp³-hybridized carbons (Fsp3) is 0.150. The van der Waals surface area contributed by atoms with Crippen LogP contribution in [0.1, 0.15) is 23.6 Å². The first-order valence-electron chi connectivity index (χ1n) is 8.91. The van der Waals surface area contributed by atoms with E-state index in [1.807, 2.05) is 57.8 Å².